The molecule has 0 saturated heterocycles. The number of aliphatic imine (C=N–C) groups is 1. The molecule has 2 aromatic carbocycles. The lowest BCUT2D eigenvalue weighted by atomic mass is 10.1. The van der Waals surface area contributed by atoms with Gasteiger partial charge in [-0.15, -0.1) is 35.7 Å². The Labute approximate surface area is 176 Å². The van der Waals surface area contributed by atoms with Crippen molar-refractivity contribution in [1.82, 2.24) is 10.6 Å². The molecule has 0 heterocycles. The smallest absolute Gasteiger partial charge is 0.337 e. The van der Waals surface area contributed by atoms with E-state index in [1.54, 1.807) is 30.9 Å². The average molecular weight is 485 g/mol. The molecule has 0 radical (unpaired) electrons. The van der Waals surface area contributed by atoms with Gasteiger partial charge in [-0.1, -0.05) is 30.3 Å². The van der Waals surface area contributed by atoms with Crippen LogP contribution in [-0.4, -0.2) is 38.4 Å². The van der Waals surface area contributed by atoms with Crippen LogP contribution in [0.4, 0.5) is 0 Å². The summed E-state index contributed by atoms with van der Waals surface area (Å²) in [7, 11) is 3.13. The number of hydrogen-bond acceptors (Lipinski definition) is 4. The molecule has 0 saturated carbocycles. The Kier molecular flexibility index (Phi) is 10.8. The molecule has 2 aromatic rings. The molecule has 0 spiro atoms. The molecule has 0 aliphatic rings. The number of nitrogens with one attached hydrogen (secondary N) is 2. The average Bonchev–Trinajstić information content (AvgIpc) is 2.68. The van der Waals surface area contributed by atoms with Crippen LogP contribution < -0.4 is 10.6 Å². The maximum absolute atomic E-state index is 11.4. The Bertz CT molecular complexity index is 694. The highest BCUT2D eigenvalue weighted by Gasteiger charge is 2.04. The SMILES string of the molecule is CN=C(NCCSc1ccccc1)NCc1ccc(C(=O)OC)cc1.I. The molecule has 0 aromatic heterocycles. The summed E-state index contributed by atoms with van der Waals surface area (Å²) in [5.74, 6) is 1.39. The molecule has 2 N–H and O–H groups in total. The van der Waals surface area contributed by atoms with Crippen LogP contribution >= 0.6 is 35.7 Å². The summed E-state index contributed by atoms with van der Waals surface area (Å²) < 4.78 is 4.69. The maximum atomic E-state index is 11.4. The van der Waals surface area contributed by atoms with Crippen molar-refractivity contribution in [3.8, 4) is 0 Å². The van der Waals surface area contributed by atoms with Crippen LogP contribution in [0.3, 0.4) is 0 Å². The minimum absolute atomic E-state index is 0. The fourth-order valence-electron chi connectivity index (χ4n) is 2.14. The van der Waals surface area contributed by atoms with Crippen LogP contribution in [0.1, 0.15) is 15.9 Å². The van der Waals surface area contributed by atoms with Gasteiger partial charge in [0.1, 0.15) is 0 Å². The third kappa shape index (κ3) is 7.65. The van der Waals surface area contributed by atoms with Crippen LogP contribution in [0.5, 0.6) is 0 Å². The number of thioether (sulfide) groups is 1. The number of carbonyl (C=O) groups excluding carboxylic acids is 1. The third-order valence-electron chi connectivity index (χ3n) is 3.47. The Balaban J connectivity index is 0.00000338. The van der Waals surface area contributed by atoms with E-state index in [4.69, 9.17) is 4.74 Å². The van der Waals surface area contributed by atoms with Crippen molar-refractivity contribution in [2.45, 2.75) is 11.4 Å². The normalized spacial score (nSPS) is 10.6. The van der Waals surface area contributed by atoms with Gasteiger partial charge in [-0.05, 0) is 29.8 Å². The number of rotatable bonds is 7. The van der Waals surface area contributed by atoms with Gasteiger partial charge >= 0.3 is 5.97 Å². The summed E-state index contributed by atoms with van der Waals surface area (Å²) >= 11 is 1.80. The van der Waals surface area contributed by atoms with Crippen molar-refractivity contribution >= 4 is 47.7 Å². The lowest BCUT2D eigenvalue weighted by molar-refractivity contribution is 0.0600. The van der Waals surface area contributed by atoms with Crippen LogP contribution in [0, 0.1) is 0 Å². The van der Waals surface area contributed by atoms with Gasteiger partial charge in [-0.3, -0.25) is 4.99 Å². The predicted molar refractivity (Wildman–Crippen MR) is 119 cm³/mol. The molecule has 0 bridgehead atoms. The molecule has 0 aliphatic heterocycles. The van der Waals surface area contributed by atoms with E-state index in [2.05, 4.69) is 27.8 Å². The number of esters is 1. The van der Waals surface area contributed by atoms with Crippen molar-refractivity contribution < 1.29 is 9.53 Å². The summed E-state index contributed by atoms with van der Waals surface area (Å²) in [5.41, 5.74) is 1.61. The molecular formula is C19H24IN3O2S. The van der Waals surface area contributed by atoms with Gasteiger partial charge in [0.25, 0.3) is 0 Å². The molecule has 0 atom stereocenters. The van der Waals surface area contributed by atoms with E-state index in [1.165, 1.54) is 12.0 Å². The van der Waals surface area contributed by atoms with E-state index in [-0.39, 0.29) is 29.9 Å². The Morgan fingerprint density at radius 3 is 2.38 bits per heavy atom. The first-order valence-electron chi connectivity index (χ1n) is 8.02. The number of carbonyl (C=O) groups is 1. The predicted octanol–water partition coefficient (Wildman–Crippen LogP) is 3.55. The number of methoxy groups -OCH3 is 1. The highest BCUT2D eigenvalue weighted by atomic mass is 127. The molecule has 0 fully saturated rings. The number of ether oxygens (including phenoxy) is 1. The second kappa shape index (κ2) is 12.6. The van der Waals surface area contributed by atoms with E-state index in [1.807, 2.05) is 30.3 Å². The van der Waals surface area contributed by atoms with Crippen LogP contribution in [0.15, 0.2) is 64.5 Å². The number of benzene rings is 2. The summed E-state index contributed by atoms with van der Waals surface area (Å²) in [6, 6.07) is 17.6. The standard InChI is InChI=1S/C19H23N3O2S.HI/c1-20-19(21-12-13-25-17-6-4-3-5-7-17)22-14-15-8-10-16(11-9-15)18(23)24-2;/h3-11H,12-14H2,1-2H3,(H2,20,21,22);1H. The second-order valence-electron chi connectivity index (χ2n) is 5.20. The molecule has 0 amide bonds. The fourth-order valence-corrected chi connectivity index (χ4v) is 2.93. The first-order chi connectivity index (χ1) is 12.2. The molecular weight excluding hydrogens is 461 g/mol. The van der Waals surface area contributed by atoms with Gasteiger partial charge < -0.3 is 15.4 Å². The van der Waals surface area contributed by atoms with Crippen molar-refractivity contribution in [3.63, 3.8) is 0 Å². The molecule has 26 heavy (non-hydrogen) atoms. The van der Waals surface area contributed by atoms with E-state index in [9.17, 15) is 4.79 Å². The largest absolute Gasteiger partial charge is 0.465 e. The monoisotopic (exact) mass is 485 g/mol. The molecule has 140 valence electrons. The number of nitrogens with zero attached hydrogens (tertiary/aromatic N) is 1. The van der Waals surface area contributed by atoms with Gasteiger partial charge in [-0.2, -0.15) is 0 Å². The maximum Gasteiger partial charge on any atom is 0.337 e. The van der Waals surface area contributed by atoms with E-state index in [0.717, 1.165) is 23.8 Å². The second-order valence-corrected chi connectivity index (χ2v) is 6.37. The lowest BCUT2D eigenvalue weighted by Gasteiger charge is -2.12. The van der Waals surface area contributed by atoms with Crippen LogP contribution in [0.2, 0.25) is 0 Å². The van der Waals surface area contributed by atoms with Crippen molar-refractivity contribution in [2.75, 3.05) is 26.5 Å². The summed E-state index contributed by atoms with van der Waals surface area (Å²) in [6.45, 7) is 1.45. The van der Waals surface area contributed by atoms with E-state index >= 15 is 0 Å². The minimum Gasteiger partial charge on any atom is -0.465 e. The molecule has 5 nitrogen and oxygen atoms in total. The van der Waals surface area contributed by atoms with Crippen molar-refractivity contribution in [1.29, 1.82) is 0 Å². The molecule has 7 heteroatoms. The first kappa shape index (κ1) is 22.3. The Morgan fingerprint density at radius 1 is 1.08 bits per heavy atom. The topological polar surface area (TPSA) is 62.7 Å². The zero-order chi connectivity index (χ0) is 17.9. The van der Waals surface area contributed by atoms with Crippen molar-refractivity contribution in [3.05, 3.63) is 65.7 Å². The Morgan fingerprint density at radius 2 is 1.77 bits per heavy atom. The van der Waals surface area contributed by atoms with E-state index < -0.39 is 0 Å². The van der Waals surface area contributed by atoms with Gasteiger partial charge in [0, 0.05) is 30.8 Å². The summed E-state index contributed by atoms with van der Waals surface area (Å²) in [6.07, 6.45) is 0. The lowest BCUT2D eigenvalue weighted by Crippen LogP contribution is -2.37. The highest BCUT2D eigenvalue weighted by molar-refractivity contribution is 14.0. The molecule has 2 rings (SSSR count). The minimum atomic E-state index is -0.326. The quantitative estimate of drug-likeness (QED) is 0.157. The fraction of sp³-hybridized carbons (Fsp3) is 0.263. The molecule has 0 aliphatic carbocycles. The van der Waals surface area contributed by atoms with Crippen molar-refractivity contribution in [2.24, 2.45) is 4.99 Å². The molecule has 0 unspecified atom stereocenters. The van der Waals surface area contributed by atoms with Gasteiger partial charge in [-0.25, -0.2) is 4.79 Å². The van der Waals surface area contributed by atoms with Gasteiger partial charge in [0.2, 0.25) is 0 Å². The zero-order valence-corrected chi connectivity index (χ0v) is 18.0. The van der Waals surface area contributed by atoms with Gasteiger partial charge in [0.05, 0.1) is 12.7 Å². The highest BCUT2D eigenvalue weighted by Crippen LogP contribution is 2.15. The first-order valence-corrected chi connectivity index (χ1v) is 9.01. The third-order valence-corrected chi connectivity index (χ3v) is 4.48. The van der Waals surface area contributed by atoms with Gasteiger partial charge in [0.15, 0.2) is 5.96 Å². The van der Waals surface area contributed by atoms with Crippen LogP contribution in [0.25, 0.3) is 0 Å². The Hall–Kier alpha value is -1.74. The summed E-state index contributed by atoms with van der Waals surface area (Å²) in [4.78, 5) is 16.9. The summed E-state index contributed by atoms with van der Waals surface area (Å²) in [5, 5.41) is 6.55. The number of hydrogen-bond donors (Lipinski definition) is 2. The van der Waals surface area contributed by atoms with Crippen LogP contribution in [-0.2, 0) is 11.3 Å². The number of halogens is 1. The number of guanidine groups is 1. The zero-order valence-electron chi connectivity index (χ0n) is 14.9. The van der Waals surface area contributed by atoms with E-state index in [0.29, 0.717) is 12.1 Å².